The Balaban J connectivity index is 2.28. The Hall–Kier alpha value is -0.860. The first-order valence-corrected chi connectivity index (χ1v) is 7.59. The van der Waals surface area contributed by atoms with Crippen molar-refractivity contribution in [3.8, 4) is 0 Å². The van der Waals surface area contributed by atoms with Crippen LogP contribution in [0, 0.1) is 5.82 Å². The minimum absolute atomic E-state index is 0.157. The molecule has 0 saturated carbocycles. The van der Waals surface area contributed by atoms with Crippen LogP contribution < -0.4 is 0 Å². The minimum atomic E-state index is -0.358. The quantitative estimate of drug-likeness (QED) is 0.606. The summed E-state index contributed by atoms with van der Waals surface area (Å²) in [5.41, 5.74) is 2.90. The third-order valence-corrected chi connectivity index (χ3v) is 4.38. The normalized spacial score (nSPS) is 12.4. The fraction of sp³-hybridized carbons (Fsp3) is 0.250. The number of alkyl halides is 1. The van der Waals surface area contributed by atoms with Crippen molar-refractivity contribution in [1.29, 1.82) is 0 Å². The second-order valence-corrected chi connectivity index (χ2v) is 5.82. The lowest BCUT2D eigenvalue weighted by atomic mass is 10.0. The van der Waals surface area contributed by atoms with Gasteiger partial charge in [-0.15, -0.1) is 0 Å². The number of benzene rings is 2. The van der Waals surface area contributed by atoms with Gasteiger partial charge >= 0.3 is 0 Å². The van der Waals surface area contributed by atoms with Gasteiger partial charge in [-0.3, -0.25) is 0 Å². The maximum Gasteiger partial charge on any atom is 0.146 e. The first-order valence-electron chi connectivity index (χ1n) is 6.30. The molecule has 3 heteroatoms. The van der Waals surface area contributed by atoms with Crippen molar-refractivity contribution in [2.45, 2.75) is 24.6 Å². The van der Waals surface area contributed by atoms with Crippen molar-refractivity contribution in [3.05, 3.63) is 70.0 Å². The molecule has 2 aromatic rings. The van der Waals surface area contributed by atoms with Crippen LogP contribution in [0.25, 0.3) is 0 Å². The molecule has 0 heterocycles. The largest absolute Gasteiger partial charge is 0.205 e. The van der Waals surface area contributed by atoms with Crippen LogP contribution in [-0.4, -0.2) is 0 Å². The molecular formula is C16H15BrClF. The van der Waals surface area contributed by atoms with E-state index < -0.39 is 0 Å². The molecule has 2 aromatic carbocycles. The Morgan fingerprint density at radius 1 is 1.16 bits per heavy atom. The molecule has 2 rings (SSSR count). The topological polar surface area (TPSA) is 0 Å². The SMILES string of the molecule is CCCc1ccc(C(Br)c2cccc(Cl)c2F)cc1. The molecule has 19 heavy (non-hydrogen) atoms. The minimum Gasteiger partial charge on any atom is -0.205 e. The Bertz CT molecular complexity index is 551. The summed E-state index contributed by atoms with van der Waals surface area (Å²) in [4.78, 5) is -0.179. The van der Waals surface area contributed by atoms with Crippen molar-refractivity contribution >= 4 is 27.5 Å². The van der Waals surface area contributed by atoms with Crippen LogP contribution in [0.1, 0.15) is 34.9 Å². The fourth-order valence-corrected chi connectivity index (χ4v) is 2.88. The summed E-state index contributed by atoms with van der Waals surface area (Å²) in [7, 11) is 0. The summed E-state index contributed by atoms with van der Waals surface area (Å²) in [6.07, 6.45) is 2.19. The smallest absolute Gasteiger partial charge is 0.146 e. The second kappa shape index (κ2) is 6.53. The van der Waals surface area contributed by atoms with Crippen LogP contribution >= 0.6 is 27.5 Å². The molecule has 100 valence electrons. The van der Waals surface area contributed by atoms with E-state index in [1.165, 1.54) is 5.56 Å². The highest BCUT2D eigenvalue weighted by Crippen LogP contribution is 2.34. The molecule has 0 aliphatic carbocycles. The maximum absolute atomic E-state index is 14.0. The standard InChI is InChI=1S/C16H15BrClF/c1-2-4-11-7-9-12(10-8-11)15(17)13-5-3-6-14(18)16(13)19/h3,5-10,15H,2,4H2,1H3. The third kappa shape index (κ3) is 3.37. The number of hydrogen-bond donors (Lipinski definition) is 0. The molecule has 1 atom stereocenters. The zero-order chi connectivity index (χ0) is 13.8. The number of halogens is 3. The Kier molecular flexibility index (Phi) is 5.00. The van der Waals surface area contributed by atoms with E-state index in [0.29, 0.717) is 5.56 Å². The molecule has 0 aliphatic heterocycles. The van der Waals surface area contributed by atoms with Crippen LogP contribution in [0.5, 0.6) is 0 Å². The van der Waals surface area contributed by atoms with Crippen molar-refractivity contribution in [2.75, 3.05) is 0 Å². The van der Waals surface area contributed by atoms with E-state index in [1.807, 2.05) is 12.1 Å². The zero-order valence-corrected chi connectivity index (χ0v) is 13.0. The van der Waals surface area contributed by atoms with E-state index >= 15 is 0 Å². The highest BCUT2D eigenvalue weighted by molar-refractivity contribution is 9.09. The van der Waals surface area contributed by atoms with Crippen molar-refractivity contribution in [1.82, 2.24) is 0 Å². The third-order valence-electron chi connectivity index (χ3n) is 3.07. The first kappa shape index (κ1) is 14.5. The molecule has 0 aromatic heterocycles. The first-order chi connectivity index (χ1) is 9.13. The molecule has 1 unspecified atom stereocenters. The van der Waals surface area contributed by atoms with E-state index in [2.05, 4.69) is 35.0 Å². The van der Waals surface area contributed by atoms with Gasteiger partial charge in [0, 0.05) is 5.56 Å². The molecule has 0 radical (unpaired) electrons. The summed E-state index contributed by atoms with van der Waals surface area (Å²) in [5, 5.41) is 0.157. The van der Waals surface area contributed by atoms with E-state index in [0.717, 1.165) is 18.4 Å². The highest BCUT2D eigenvalue weighted by Gasteiger charge is 2.16. The van der Waals surface area contributed by atoms with E-state index in [1.54, 1.807) is 18.2 Å². The summed E-state index contributed by atoms with van der Waals surface area (Å²) >= 11 is 9.36. The average Bonchev–Trinajstić information content (AvgIpc) is 2.42. The van der Waals surface area contributed by atoms with Crippen molar-refractivity contribution < 1.29 is 4.39 Å². The average molecular weight is 342 g/mol. The van der Waals surface area contributed by atoms with Crippen LogP contribution in [-0.2, 0) is 6.42 Å². The fourth-order valence-electron chi connectivity index (χ4n) is 2.04. The lowest BCUT2D eigenvalue weighted by Gasteiger charge is -2.13. The van der Waals surface area contributed by atoms with Gasteiger partial charge in [0.05, 0.1) is 9.85 Å². The molecular weight excluding hydrogens is 327 g/mol. The predicted octanol–water partition coefficient (Wildman–Crippen LogP) is 5.92. The molecule has 0 fully saturated rings. The Morgan fingerprint density at radius 3 is 2.47 bits per heavy atom. The van der Waals surface area contributed by atoms with Gasteiger partial charge in [0.25, 0.3) is 0 Å². The van der Waals surface area contributed by atoms with Crippen LogP contribution in [0.2, 0.25) is 5.02 Å². The van der Waals surface area contributed by atoms with Crippen LogP contribution in [0.4, 0.5) is 4.39 Å². The van der Waals surface area contributed by atoms with Crippen molar-refractivity contribution in [3.63, 3.8) is 0 Å². The highest BCUT2D eigenvalue weighted by atomic mass is 79.9. The monoisotopic (exact) mass is 340 g/mol. The van der Waals surface area contributed by atoms with Gasteiger partial charge in [-0.2, -0.15) is 0 Å². The number of aryl methyl sites for hydroxylation is 1. The molecule has 0 spiro atoms. The molecule has 0 saturated heterocycles. The molecule has 0 bridgehead atoms. The Labute approximate surface area is 126 Å². The summed E-state index contributed by atoms with van der Waals surface area (Å²) in [6, 6.07) is 13.3. The van der Waals surface area contributed by atoms with E-state index in [9.17, 15) is 4.39 Å². The number of rotatable bonds is 4. The lowest BCUT2D eigenvalue weighted by Crippen LogP contribution is -1.97. The summed E-state index contributed by atoms with van der Waals surface area (Å²) < 4.78 is 14.0. The molecule has 0 aliphatic rings. The number of hydrogen-bond acceptors (Lipinski definition) is 0. The van der Waals surface area contributed by atoms with Gasteiger partial charge in [0.15, 0.2) is 0 Å². The van der Waals surface area contributed by atoms with Crippen LogP contribution in [0.3, 0.4) is 0 Å². The second-order valence-electron chi connectivity index (χ2n) is 4.50. The summed E-state index contributed by atoms with van der Waals surface area (Å²) in [6.45, 7) is 2.16. The van der Waals surface area contributed by atoms with E-state index in [-0.39, 0.29) is 15.7 Å². The predicted molar refractivity (Wildman–Crippen MR) is 82.6 cm³/mol. The van der Waals surface area contributed by atoms with Gasteiger partial charge in [-0.1, -0.05) is 77.3 Å². The van der Waals surface area contributed by atoms with Gasteiger partial charge in [-0.05, 0) is 23.6 Å². The van der Waals surface area contributed by atoms with Gasteiger partial charge in [0.2, 0.25) is 0 Å². The van der Waals surface area contributed by atoms with Gasteiger partial charge in [0.1, 0.15) is 5.82 Å². The van der Waals surface area contributed by atoms with Crippen molar-refractivity contribution in [2.24, 2.45) is 0 Å². The van der Waals surface area contributed by atoms with E-state index in [4.69, 9.17) is 11.6 Å². The van der Waals surface area contributed by atoms with Crippen LogP contribution in [0.15, 0.2) is 42.5 Å². The molecule has 0 N–H and O–H groups in total. The lowest BCUT2D eigenvalue weighted by molar-refractivity contribution is 0.614. The Morgan fingerprint density at radius 2 is 1.84 bits per heavy atom. The summed E-state index contributed by atoms with van der Waals surface area (Å²) in [5.74, 6) is -0.358. The van der Waals surface area contributed by atoms with Gasteiger partial charge < -0.3 is 0 Å². The maximum atomic E-state index is 14.0. The zero-order valence-electron chi connectivity index (χ0n) is 10.7. The molecule has 0 nitrogen and oxygen atoms in total. The van der Waals surface area contributed by atoms with Gasteiger partial charge in [-0.25, -0.2) is 4.39 Å². The molecule has 0 amide bonds.